The third-order valence-electron chi connectivity index (χ3n) is 1.27. The fourth-order valence-electron chi connectivity index (χ4n) is 0.577. The molecule has 0 bridgehead atoms. The Balaban J connectivity index is 2.56. The van der Waals surface area contributed by atoms with E-state index in [2.05, 4.69) is 14.3 Å². The Morgan fingerprint density at radius 3 is 2.50 bits per heavy atom. The van der Waals surface area contributed by atoms with E-state index in [9.17, 15) is 4.79 Å². The van der Waals surface area contributed by atoms with Gasteiger partial charge in [0.1, 0.15) is 0 Å². The Labute approximate surface area is 58.5 Å². The second-order valence-electron chi connectivity index (χ2n) is 2.44. The highest BCUT2D eigenvalue weighted by atomic mass is 16.7. The first-order valence-electron chi connectivity index (χ1n) is 2.84. The quantitative estimate of drug-likeness (QED) is 0.370. The van der Waals surface area contributed by atoms with E-state index in [1.54, 1.807) is 6.92 Å². The molecule has 4 nitrogen and oxygen atoms in total. The van der Waals surface area contributed by atoms with Crippen molar-refractivity contribution in [3.63, 3.8) is 0 Å². The van der Waals surface area contributed by atoms with Crippen LogP contribution >= 0.6 is 0 Å². The Kier molecular flexibility index (Phi) is 1.50. The van der Waals surface area contributed by atoms with Gasteiger partial charge in [-0.3, -0.25) is 0 Å². The topological polar surface area (TPSA) is 39.9 Å². The summed E-state index contributed by atoms with van der Waals surface area (Å²) < 4.78 is 9.02. The van der Waals surface area contributed by atoms with Gasteiger partial charge in [0.05, 0.1) is 0 Å². The van der Waals surface area contributed by atoms with Gasteiger partial charge in [0.2, 0.25) is 0 Å². The zero-order valence-corrected chi connectivity index (χ0v) is 5.59. The highest BCUT2D eigenvalue weighted by Crippen LogP contribution is 2.16. The molecule has 0 radical (unpaired) electrons. The van der Waals surface area contributed by atoms with Crippen LogP contribution in [0.15, 0.2) is 0 Å². The zero-order chi connectivity index (χ0) is 7.61. The van der Waals surface area contributed by atoms with Crippen LogP contribution in [-0.2, 0) is 9.47 Å². The summed E-state index contributed by atoms with van der Waals surface area (Å²) >= 11 is 0. The van der Waals surface area contributed by atoms with Gasteiger partial charge in [0, 0.05) is 6.92 Å². The molecule has 0 aromatic heterocycles. The smallest absolute Gasteiger partial charge is 0.426 e. The van der Waals surface area contributed by atoms with Crippen molar-refractivity contribution in [1.82, 2.24) is 0 Å². The van der Waals surface area contributed by atoms with Crippen LogP contribution in [0, 0.1) is 6.57 Å². The average Bonchev–Trinajstić information content (AvgIpc) is 1.96. The molecule has 10 heavy (non-hydrogen) atoms. The van der Waals surface area contributed by atoms with Crippen molar-refractivity contribution in [3.8, 4) is 0 Å². The SMILES string of the molecule is [C-]#[N+]C1(C)COC(=O)OC1. The second-order valence-corrected chi connectivity index (χ2v) is 2.44. The van der Waals surface area contributed by atoms with Crippen molar-refractivity contribution in [1.29, 1.82) is 0 Å². The molecule has 4 heteroatoms. The maximum atomic E-state index is 10.3. The summed E-state index contributed by atoms with van der Waals surface area (Å²) in [5.74, 6) is 0. The third-order valence-corrected chi connectivity index (χ3v) is 1.27. The van der Waals surface area contributed by atoms with Crippen molar-refractivity contribution in [2.75, 3.05) is 13.2 Å². The maximum absolute atomic E-state index is 10.3. The molecule has 0 N–H and O–H groups in total. The Hall–Kier alpha value is -1.24. The van der Waals surface area contributed by atoms with E-state index in [4.69, 9.17) is 6.57 Å². The van der Waals surface area contributed by atoms with E-state index in [0.29, 0.717) is 0 Å². The molecule has 0 unspecified atom stereocenters. The number of ether oxygens (including phenoxy) is 2. The van der Waals surface area contributed by atoms with Crippen LogP contribution in [0.5, 0.6) is 0 Å². The number of rotatable bonds is 0. The van der Waals surface area contributed by atoms with E-state index in [1.807, 2.05) is 0 Å². The van der Waals surface area contributed by atoms with E-state index >= 15 is 0 Å². The van der Waals surface area contributed by atoms with Crippen LogP contribution in [0.25, 0.3) is 4.85 Å². The molecular weight excluding hydrogens is 134 g/mol. The first-order chi connectivity index (χ1) is 4.66. The van der Waals surface area contributed by atoms with Gasteiger partial charge in [-0.1, -0.05) is 0 Å². The standard InChI is InChI=1S/C6H7NO3/c1-6(7-2)3-9-5(8)10-4-6/h3-4H2,1H3. The van der Waals surface area contributed by atoms with E-state index in [1.165, 1.54) is 0 Å². The minimum atomic E-state index is -0.680. The summed E-state index contributed by atoms with van der Waals surface area (Å²) in [5, 5.41) is 0. The number of hydrogen-bond donors (Lipinski definition) is 0. The van der Waals surface area contributed by atoms with Crippen molar-refractivity contribution >= 4 is 6.16 Å². The molecular formula is C6H7NO3. The highest BCUT2D eigenvalue weighted by molar-refractivity contribution is 5.61. The molecule has 1 heterocycles. The number of nitrogens with zero attached hydrogens (tertiary/aromatic N) is 1. The lowest BCUT2D eigenvalue weighted by molar-refractivity contribution is -0.00774. The van der Waals surface area contributed by atoms with Crippen LogP contribution < -0.4 is 0 Å². The van der Waals surface area contributed by atoms with E-state index in [-0.39, 0.29) is 13.2 Å². The first-order valence-corrected chi connectivity index (χ1v) is 2.84. The molecule has 0 spiro atoms. The number of carbonyl (C=O) groups excluding carboxylic acids is 1. The minimum absolute atomic E-state index is 0.134. The first kappa shape index (κ1) is 6.87. The minimum Gasteiger partial charge on any atom is -0.426 e. The molecule has 0 saturated carbocycles. The van der Waals surface area contributed by atoms with Gasteiger partial charge >= 0.3 is 6.16 Å². The summed E-state index contributed by atoms with van der Waals surface area (Å²) in [5.41, 5.74) is -0.673. The zero-order valence-electron chi connectivity index (χ0n) is 5.59. The average molecular weight is 141 g/mol. The van der Waals surface area contributed by atoms with E-state index < -0.39 is 11.7 Å². The predicted molar refractivity (Wildman–Crippen MR) is 32.3 cm³/mol. The molecule has 0 amide bonds. The lowest BCUT2D eigenvalue weighted by Gasteiger charge is -2.21. The molecule has 1 aliphatic heterocycles. The van der Waals surface area contributed by atoms with Crippen LogP contribution in [0.1, 0.15) is 6.92 Å². The van der Waals surface area contributed by atoms with Gasteiger partial charge in [0.15, 0.2) is 13.2 Å². The van der Waals surface area contributed by atoms with Crippen molar-refractivity contribution in [2.45, 2.75) is 12.5 Å². The lowest BCUT2D eigenvalue weighted by Crippen LogP contribution is -2.39. The van der Waals surface area contributed by atoms with Crippen LogP contribution in [0.2, 0.25) is 0 Å². The van der Waals surface area contributed by atoms with Crippen LogP contribution in [-0.4, -0.2) is 24.9 Å². The summed E-state index contributed by atoms with van der Waals surface area (Å²) in [6, 6.07) is 0. The van der Waals surface area contributed by atoms with Gasteiger partial charge in [-0.05, 0) is 0 Å². The molecule has 0 aromatic rings. The summed E-state index contributed by atoms with van der Waals surface area (Å²) in [6.45, 7) is 8.67. The van der Waals surface area contributed by atoms with Gasteiger partial charge in [-0.15, -0.1) is 0 Å². The van der Waals surface area contributed by atoms with Crippen LogP contribution in [0.4, 0.5) is 4.79 Å². The number of cyclic esters (lactones) is 2. The number of hydrogen-bond acceptors (Lipinski definition) is 3. The molecule has 0 aliphatic carbocycles. The predicted octanol–water partition coefficient (Wildman–Crippen LogP) is 0.831. The highest BCUT2D eigenvalue weighted by Gasteiger charge is 2.38. The Morgan fingerprint density at radius 2 is 2.10 bits per heavy atom. The monoisotopic (exact) mass is 141 g/mol. The van der Waals surface area contributed by atoms with E-state index in [0.717, 1.165) is 0 Å². The summed E-state index contributed by atoms with van der Waals surface area (Å²) in [6.07, 6.45) is -0.680. The molecule has 54 valence electrons. The Bertz CT molecular complexity index is 184. The summed E-state index contributed by atoms with van der Waals surface area (Å²) in [7, 11) is 0. The number of carbonyl (C=O) groups is 1. The fourth-order valence-corrected chi connectivity index (χ4v) is 0.577. The normalized spacial score (nSPS) is 22.2. The van der Waals surface area contributed by atoms with Crippen molar-refractivity contribution < 1.29 is 14.3 Å². The molecule has 1 aliphatic rings. The molecule has 1 fully saturated rings. The van der Waals surface area contributed by atoms with Gasteiger partial charge < -0.3 is 14.3 Å². The molecule has 0 aromatic carbocycles. The van der Waals surface area contributed by atoms with Gasteiger partial charge in [-0.2, -0.15) is 0 Å². The summed E-state index contributed by atoms with van der Waals surface area (Å²) in [4.78, 5) is 13.6. The Morgan fingerprint density at radius 1 is 1.60 bits per heavy atom. The van der Waals surface area contributed by atoms with Gasteiger partial charge in [0.25, 0.3) is 5.54 Å². The lowest BCUT2D eigenvalue weighted by atomic mass is 10.1. The molecule has 1 rings (SSSR count). The molecule has 1 saturated heterocycles. The van der Waals surface area contributed by atoms with Crippen molar-refractivity contribution in [3.05, 3.63) is 11.4 Å². The third kappa shape index (κ3) is 1.18. The largest absolute Gasteiger partial charge is 0.508 e. The van der Waals surface area contributed by atoms with Gasteiger partial charge in [-0.25, -0.2) is 11.4 Å². The van der Waals surface area contributed by atoms with Crippen molar-refractivity contribution in [2.24, 2.45) is 0 Å². The fraction of sp³-hybridized carbons (Fsp3) is 0.667. The van der Waals surface area contributed by atoms with Crippen LogP contribution in [0.3, 0.4) is 0 Å². The maximum Gasteiger partial charge on any atom is 0.508 e. The molecule has 0 atom stereocenters. The second kappa shape index (κ2) is 2.18.